The summed E-state index contributed by atoms with van der Waals surface area (Å²) in [5.74, 6) is -1.61. The van der Waals surface area contributed by atoms with Gasteiger partial charge < -0.3 is 15.2 Å². The zero-order valence-corrected chi connectivity index (χ0v) is 6.09. The van der Waals surface area contributed by atoms with Crippen LogP contribution in [0, 0.1) is 5.41 Å². The lowest BCUT2D eigenvalue weighted by atomic mass is 9.85. The monoisotopic (exact) mass is 159 g/mol. The molecular weight excluding hydrogens is 150 g/mol. The van der Waals surface area contributed by atoms with Gasteiger partial charge in [-0.3, -0.25) is 9.59 Å². The Balaban J connectivity index is 2.75. The van der Waals surface area contributed by atoms with Crippen molar-refractivity contribution in [3.05, 3.63) is 0 Å². The minimum Gasteiger partial charge on any atom is -0.480 e. The predicted molar refractivity (Wildman–Crippen MR) is 35.0 cm³/mol. The molecule has 1 aliphatic rings. The standard InChI is InChI=1S/C6H9NO4/c1-7-4(8)6(5(9)10)2-11-3-6/h2-3H2,1H3,(H,7,8)(H,9,10). The summed E-state index contributed by atoms with van der Waals surface area (Å²) in [7, 11) is 1.41. The average Bonchev–Trinajstić information content (AvgIpc) is 1.84. The molecule has 0 aliphatic carbocycles. The number of hydrogen-bond donors (Lipinski definition) is 2. The van der Waals surface area contributed by atoms with E-state index in [-0.39, 0.29) is 13.2 Å². The SMILES string of the molecule is CNC(=O)C1(C(=O)O)COC1. The second kappa shape index (κ2) is 2.50. The number of carboxylic acids is 1. The topological polar surface area (TPSA) is 75.6 Å². The van der Waals surface area contributed by atoms with Crippen LogP contribution in [-0.2, 0) is 14.3 Å². The summed E-state index contributed by atoms with van der Waals surface area (Å²) in [6.07, 6.45) is 0. The van der Waals surface area contributed by atoms with Crippen LogP contribution in [0.2, 0.25) is 0 Å². The van der Waals surface area contributed by atoms with E-state index in [1.165, 1.54) is 7.05 Å². The number of carbonyl (C=O) groups is 2. The molecule has 1 heterocycles. The molecule has 0 saturated carbocycles. The van der Waals surface area contributed by atoms with Crippen LogP contribution >= 0.6 is 0 Å². The highest BCUT2D eigenvalue weighted by molar-refractivity contribution is 6.03. The summed E-state index contributed by atoms with van der Waals surface area (Å²) in [6, 6.07) is 0. The van der Waals surface area contributed by atoms with Crippen LogP contribution in [0.5, 0.6) is 0 Å². The van der Waals surface area contributed by atoms with Crippen LogP contribution in [0.4, 0.5) is 0 Å². The largest absolute Gasteiger partial charge is 0.480 e. The van der Waals surface area contributed by atoms with Crippen molar-refractivity contribution in [2.24, 2.45) is 5.41 Å². The van der Waals surface area contributed by atoms with Crippen LogP contribution in [0.1, 0.15) is 0 Å². The highest BCUT2D eigenvalue weighted by atomic mass is 16.5. The van der Waals surface area contributed by atoms with Crippen molar-refractivity contribution < 1.29 is 19.4 Å². The van der Waals surface area contributed by atoms with Gasteiger partial charge in [0.2, 0.25) is 5.91 Å². The van der Waals surface area contributed by atoms with Crippen molar-refractivity contribution in [2.45, 2.75) is 0 Å². The van der Waals surface area contributed by atoms with Crippen molar-refractivity contribution in [2.75, 3.05) is 20.3 Å². The Kier molecular flexibility index (Phi) is 1.82. The molecule has 11 heavy (non-hydrogen) atoms. The van der Waals surface area contributed by atoms with E-state index in [4.69, 9.17) is 5.11 Å². The Morgan fingerprint density at radius 1 is 1.55 bits per heavy atom. The zero-order chi connectivity index (χ0) is 8.48. The molecule has 0 atom stereocenters. The first-order valence-electron chi connectivity index (χ1n) is 3.17. The Labute approximate surface area is 63.3 Å². The summed E-state index contributed by atoms with van der Waals surface area (Å²) >= 11 is 0. The van der Waals surface area contributed by atoms with Crippen LogP contribution in [0.25, 0.3) is 0 Å². The van der Waals surface area contributed by atoms with Gasteiger partial charge in [0.25, 0.3) is 0 Å². The molecule has 1 aliphatic heterocycles. The molecule has 0 aromatic heterocycles. The Hall–Kier alpha value is -1.10. The smallest absolute Gasteiger partial charge is 0.324 e. The molecule has 0 radical (unpaired) electrons. The maximum absolute atomic E-state index is 11.0. The van der Waals surface area contributed by atoms with E-state index in [1.807, 2.05) is 0 Å². The van der Waals surface area contributed by atoms with E-state index >= 15 is 0 Å². The van der Waals surface area contributed by atoms with Crippen LogP contribution in [0.15, 0.2) is 0 Å². The second-order valence-corrected chi connectivity index (χ2v) is 2.46. The summed E-state index contributed by atoms with van der Waals surface area (Å²) in [4.78, 5) is 21.5. The van der Waals surface area contributed by atoms with Crippen molar-refractivity contribution in [3.63, 3.8) is 0 Å². The van der Waals surface area contributed by atoms with E-state index in [0.717, 1.165) is 0 Å². The van der Waals surface area contributed by atoms with E-state index in [9.17, 15) is 9.59 Å². The third kappa shape index (κ3) is 0.970. The molecule has 1 fully saturated rings. The van der Waals surface area contributed by atoms with Crippen molar-refractivity contribution >= 4 is 11.9 Å². The molecule has 0 spiro atoms. The molecule has 5 heteroatoms. The minimum absolute atomic E-state index is 0.0258. The first-order valence-corrected chi connectivity index (χ1v) is 3.17. The van der Waals surface area contributed by atoms with E-state index < -0.39 is 17.3 Å². The molecule has 0 aromatic rings. The van der Waals surface area contributed by atoms with Gasteiger partial charge in [0.05, 0.1) is 13.2 Å². The van der Waals surface area contributed by atoms with Crippen molar-refractivity contribution in [3.8, 4) is 0 Å². The third-order valence-electron chi connectivity index (χ3n) is 1.77. The zero-order valence-electron chi connectivity index (χ0n) is 6.09. The van der Waals surface area contributed by atoms with Gasteiger partial charge in [-0.05, 0) is 0 Å². The van der Waals surface area contributed by atoms with Crippen LogP contribution < -0.4 is 5.32 Å². The first kappa shape index (κ1) is 8.00. The highest BCUT2D eigenvalue weighted by Crippen LogP contribution is 2.27. The molecule has 1 saturated heterocycles. The van der Waals surface area contributed by atoms with Crippen molar-refractivity contribution in [1.29, 1.82) is 0 Å². The third-order valence-corrected chi connectivity index (χ3v) is 1.77. The number of amides is 1. The maximum atomic E-state index is 11.0. The maximum Gasteiger partial charge on any atom is 0.324 e. The summed E-state index contributed by atoms with van der Waals surface area (Å²) in [5, 5.41) is 10.9. The molecule has 1 rings (SSSR count). The fourth-order valence-corrected chi connectivity index (χ4v) is 0.897. The fourth-order valence-electron chi connectivity index (χ4n) is 0.897. The van der Waals surface area contributed by atoms with E-state index in [0.29, 0.717) is 0 Å². The van der Waals surface area contributed by atoms with Crippen molar-refractivity contribution in [1.82, 2.24) is 5.32 Å². The number of nitrogens with one attached hydrogen (secondary N) is 1. The predicted octanol–water partition coefficient (Wildman–Crippen LogP) is -1.17. The molecule has 5 nitrogen and oxygen atoms in total. The van der Waals surface area contributed by atoms with Gasteiger partial charge in [-0.15, -0.1) is 0 Å². The molecule has 62 valence electrons. The van der Waals surface area contributed by atoms with E-state index in [1.54, 1.807) is 0 Å². The van der Waals surface area contributed by atoms with E-state index in [2.05, 4.69) is 10.1 Å². The highest BCUT2D eigenvalue weighted by Gasteiger charge is 2.52. The summed E-state index contributed by atoms with van der Waals surface area (Å²) in [5.41, 5.74) is -1.32. The number of aliphatic carboxylic acids is 1. The first-order chi connectivity index (χ1) is 5.13. The Morgan fingerprint density at radius 3 is 2.18 bits per heavy atom. The van der Waals surface area contributed by atoms with Gasteiger partial charge in [-0.1, -0.05) is 0 Å². The number of ether oxygens (including phenoxy) is 1. The molecule has 0 unspecified atom stereocenters. The number of rotatable bonds is 2. The van der Waals surface area contributed by atoms with Gasteiger partial charge >= 0.3 is 5.97 Å². The average molecular weight is 159 g/mol. The number of hydrogen-bond acceptors (Lipinski definition) is 3. The van der Waals surface area contributed by atoms with Crippen LogP contribution in [-0.4, -0.2) is 37.2 Å². The van der Waals surface area contributed by atoms with Gasteiger partial charge in [0, 0.05) is 7.05 Å². The fraction of sp³-hybridized carbons (Fsp3) is 0.667. The van der Waals surface area contributed by atoms with Gasteiger partial charge in [-0.2, -0.15) is 0 Å². The molecule has 2 N–H and O–H groups in total. The number of carboxylic acid groups (broad SMARTS) is 1. The Bertz CT molecular complexity index is 197. The molecule has 0 aromatic carbocycles. The normalized spacial score (nSPS) is 20.1. The number of carbonyl (C=O) groups excluding carboxylic acids is 1. The lowest BCUT2D eigenvalue weighted by molar-refractivity contribution is -0.185. The summed E-state index contributed by atoms with van der Waals surface area (Å²) in [6.45, 7) is -0.0516. The van der Waals surface area contributed by atoms with Gasteiger partial charge in [-0.25, -0.2) is 0 Å². The summed E-state index contributed by atoms with van der Waals surface area (Å²) < 4.78 is 4.68. The molecule has 0 bridgehead atoms. The van der Waals surface area contributed by atoms with Gasteiger partial charge in [0.1, 0.15) is 0 Å². The molecule has 1 amide bonds. The Morgan fingerprint density at radius 2 is 2.09 bits per heavy atom. The van der Waals surface area contributed by atoms with Gasteiger partial charge in [0.15, 0.2) is 5.41 Å². The lowest BCUT2D eigenvalue weighted by Crippen LogP contribution is -2.58. The molecular formula is C6H9NO4. The van der Waals surface area contributed by atoms with Crippen LogP contribution in [0.3, 0.4) is 0 Å². The lowest BCUT2D eigenvalue weighted by Gasteiger charge is -2.34. The minimum atomic E-state index is -1.32. The quantitative estimate of drug-likeness (QED) is 0.498. The second-order valence-electron chi connectivity index (χ2n) is 2.46.